The van der Waals surface area contributed by atoms with E-state index in [2.05, 4.69) is 14.6 Å². The first-order chi connectivity index (χ1) is 12.1. The summed E-state index contributed by atoms with van der Waals surface area (Å²) < 4.78 is 33.2. The minimum atomic E-state index is -3.65. The molecule has 0 amide bonds. The van der Waals surface area contributed by atoms with Crippen molar-refractivity contribution >= 4 is 21.6 Å². The second-order valence-corrected chi connectivity index (χ2v) is 7.90. The summed E-state index contributed by atoms with van der Waals surface area (Å²) in [4.78, 5) is 6.18. The summed E-state index contributed by atoms with van der Waals surface area (Å²) in [5, 5.41) is 0.259. The van der Waals surface area contributed by atoms with Crippen molar-refractivity contribution < 1.29 is 13.2 Å². The number of benzene rings is 1. The van der Waals surface area contributed by atoms with Crippen LogP contribution in [0.25, 0.3) is 0 Å². The first-order valence-corrected chi connectivity index (χ1v) is 9.90. The molecule has 0 saturated carbocycles. The van der Waals surface area contributed by atoms with Gasteiger partial charge in [0.05, 0.1) is 13.2 Å². The number of pyridine rings is 1. The monoisotopic (exact) mass is 381 g/mol. The van der Waals surface area contributed by atoms with Gasteiger partial charge in [-0.1, -0.05) is 41.9 Å². The van der Waals surface area contributed by atoms with Gasteiger partial charge in [-0.2, -0.15) is 0 Å². The summed E-state index contributed by atoms with van der Waals surface area (Å²) in [5.74, 6) is 0. The highest BCUT2D eigenvalue weighted by molar-refractivity contribution is 7.89. The van der Waals surface area contributed by atoms with Crippen LogP contribution in [0.2, 0.25) is 5.15 Å². The van der Waals surface area contributed by atoms with Gasteiger partial charge in [-0.05, 0) is 17.7 Å². The average molecular weight is 382 g/mol. The van der Waals surface area contributed by atoms with Crippen LogP contribution in [0.15, 0.2) is 53.6 Å². The Hall–Kier alpha value is -1.51. The quantitative estimate of drug-likeness (QED) is 0.776. The highest BCUT2D eigenvalue weighted by Gasteiger charge is 2.25. The fourth-order valence-corrected chi connectivity index (χ4v) is 3.91. The number of halogens is 1. The van der Waals surface area contributed by atoms with Crippen molar-refractivity contribution in [3.63, 3.8) is 0 Å². The molecule has 1 N–H and O–H groups in total. The molecule has 1 aliphatic heterocycles. The number of sulfonamides is 1. The van der Waals surface area contributed by atoms with Crippen molar-refractivity contribution in [3.8, 4) is 0 Å². The Labute approximate surface area is 152 Å². The molecule has 134 valence electrons. The first kappa shape index (κ1) is 18.3. The Morgan fingerprint density at radius 3 is 2.52 bits per heavy atom. The summed E-state index contributed by atoms with van der Waals surface area (Å²) in [6, 6.07) is 12.7. The van der Waals surface area contributed by atoms with E-state index in [0.29, 0.717) is 13.2 Å². The second-order valence-electron chi connectivity index (χ2n) is 5.74. The number of rotatable bonds is 6. The van der Waals surface area contributed by atoms with Crippen molar-refractivity contribution in [1.29, 1.82) is 0 Å². The summed E-state index contributed by atoms with van der Waals surface area (Å²) in [5.41, 5.74) is 1.07. The molecule has 1 aliphatic rings. The number of nitrogens with one attached hydrogen (secondary N) is 1. The summed E-state index contributed by atoms with van der Waals surface area (Å²) >= 11 is 5.73. The van der Waals surface area contributed by atoms with Crippen molar-refractivity contribution in [2.24, 2.45) is 0 Å². The molecule has 0 radical (unpaired) electrons. The van der Waals surface area contributed by atoms with Crippen LogP contribution in [0.4, 0.5) is 0 Å². The minimum Gasteiger partial charge on any atom is -0.379 e. The summed E-state index contributed by atoms with van der Waals surface area (Å²) in [6.07, 6.45) is 1.26. The van der Waals surface area contributed by atoms with E-state index in [1.807, 2.05) is 30.3 Å². The summed E-state index contributed by atoms with van der Waals surface area (Å²) in [7, 11) is -3.65. The van der Waals surface area contributed by atoms with Crippen LogP contribution >= 0.6 is 11.6 Å². The van der Waals surface area contributed by atoms with Gasteiger partial charge in [-0.3, -0.25) is 4.90 Å². The van der Waals surface area contributed by atoms with Crippen molar-refractivity contribution in [2.75, 3.05) is 32.8 Å². The van der Waals surface area contributed by atoms with E-state index in [-0.39, 0.29) is 22.6 Å². The molecular formula is C17H20ClN3O3S. The lowest BCUT2D eigenvalue weighted by Gasteiger charge is -2.34. The second kappa shape index (κ2) is 8.25. The zero-order valence-corrected chi connectivity index (χ0v) is 15.2. The topological polar surface area (TPSA) is 71.5 Å². The van der Waals surface area contributed by atoms with E-state index < -0.39 is 10.0 Å². The summed E-state index contributed by atoms with van der Waals surface area (Å²) in [6.45, 7) is 3.11. The maximum atomic E-state index is 12.5. The molecule has 1 atom stereocenters. The van der Waals surface area contributed by atoms with Crippen molar-refractivity contribution in [1.82, 2.24) is 14.6 Å². The average Bonchev–Trinajstić information content (AvgIpc) is 2.64. The number of aromatic nitrogens is 1. The molecule has 0 aliphatic carbocycles. The highest BCUT2D eigenvalue weighted by Crippen LogP contribution is 2.22. The number of morpholine rings is 1. The maximum Gasteiger partial charge on any atom is 0.242 e. The van der Waals surface area contributed by atoms with Crippen LogP contribution in [-0.2, 0) is 14.8 Å². The van der Waals surface area contributed by atoms with E-state index in [4.69, 9.17) is 16.3 Å². The smallest absolute Gasteiger partial charge is 0.242 e. The molecule has 2 heterocycles. The van der Waals surface area contributed by atoms with Crippen LogP contribution in [0.1, 0.15) is 11.6 Å². The molecule has 8 heteroatoms. The Morgan fingerprint density at radius 1 is 1.16 bits per heavy atom. The van der Waals surface area contributed by atoms with Crippen LogP contribution in [0.5, 0.6) is 0 Å². The Bertz CT molecular complexity index is 779. The Kier molecular flexibility index (Phi) is 6.03. The zero-order chi connectivity index (χ0) is 17.7. The van der Waals surface area contributed by atoms with Crippen molar-refractivity contribution in [2.45, 2.75) is 10.9 Å². The van der Waals surface area contributed by atoms with Crippen LogP contribution in [0.3, 0.4) is 0 Å². The van der Waals surface area contributed by atoms with E-state index in [0.717, 1.165) is 18.7 Å². The number of hydrogen-bond acceptors (Lipinski definition) is 5. The predicted molar refractivity (Wildman–Crippen MR) is 96.0 cm³/mol. The van der Waals surface area contributed by atoms with Gasteiger partial charge in [0, 0.05) is 31.9 Å². The fourth-order valence-electron chi connectivity index (χ4n) is 2.82. The fraction of sp³-hybridized carbons (Fsp3) is 0.353. The predicted octanol–water partition coefficient (Wildman–Crippen LogP) is 2.09. The highest BCUT2D eigenvalue weighted by atomic mass is 35.5. The van der Waals surface area contributed by atoms with Gasteiger partial charge in [-0.25, -0.2) is 18.1 Å². The molecule has 3 rings (SSSR count). The van der Waals surface area contributed by atoms with Crippen LogP contribution in [-0.4, -0.2) is 51.1 Å². The maximum absolute atomic E-state index is 12.5. The number of ether oxygens (including phenoxy) is 1. The third kappa shape index (κ3) is 4.77. The molecule has 2 aromatic rings. The lowest BCUT2D eigenvalue weighted by atomic mass is 10.1. The Balaban J connectivity index is 1.77. The SMILES string of the molecule is O=S(=O)(NCC(c1ccccc1)N1CCOCC1)c1ccc(Cl)nc1. The molecule has 6 nitrogen and oxygen atoms in total. The number of hydrogen-bond donors (Lipinski definition) is 1. The molecular weight excluding hydrogens is 362 g/mol. The molecule has 0 bridgehead atoms. The zero-order valence-electron chi connectivity index (χ0n) is 13.6. The van der Waals surface area contributed by atoms with E-state index in [1.54, 1.807) is 0 Å². The third-order valence-corrected chi connectivity index (χ3v) is 5.78. The Morgan fingerprint density at radius 2 is 1.88 bits per heavy atom. The van der Waals surface area contributed by atoms with Crippen molar-refractivity contribution in [3.05, 3.63) is 59.4 Å². The van der Waals surface area contributed by atoms with Gasteiger partial charge < -0.3 is 4.74 Å². The molecule has 1 fully saturated rings. The van der Waals surface area contributed by atoms with Gasteiger partial charge in [0.15, 0.2) is 0 Å². The molecule has 25 heavy (non-hydrogen) atoms. The van der Waals surface area contributed by atoms with E-state index >= 15 is 0 Å². The van der Waals surface area contributed by atoms with E-state index in [1.165, 1.54) is 18.3 Å². The number of nitrogens with zero attached hydrogens (tertiary/aromatic N) is 2. The van der Waals surface area contributed by atoms with Crippen LogP contribution < -0.4 is 4.72 Å². The standard InChI is InChI=1S/C17H20ClN3O3S/c18-17-7-6-15(12-19-17)25(22,23)20-13-16(14-4-2-1-3-5-14)21-8-10-24-11-9-21/h1-7,12,16,20H,8-11,13H2. The van der Waals surface area contributed by atoms with Gasteiger partial charge in [0.1, 0.15) is 10.0 Å². The van der Waals surface area contributed by atoms with Gasteiger partial charge in [0.25, 0.3) is 0 Å². The van der Waals surface area contributed by atoms with E-state index in [9.17, 15) is 8.42 Å². The normalized spacial score (nSPS) is 17.3. The van der Waals surface area contributed by atoms with Gasteiger partial charge in [0.2, 0.25) is 10.0 Å². The van der Waals surface area contributed by atoms with Gasteiger partial charge >= 0.3 is 0 Å². The van der Waals surface area contributed by atoms with Crippen LogP contribution in [0, 0.1) is 0 Å². The lowest BCUT2D eigenvalue weighted by molar-refractivity contribution is 0.0172. The largest absolute Gasteiger partial charge is 0.379 e. The first-order valence-electron chi connectivity index (χ1n) is 8.04. The third-order valence-electron chi connectivity index (χ3n) is 4.15. The molecule has 1 aromatic carbocycles. The minimum absolute atomic E-state index is 0.0554. The lowest BCUT2D eigenvalue weighted by Crippen LogP contribution is -2.43. The molecule has 1 unspecified atom stereocenters. The molecule has 1 saturated heterocycles. The molecule has 0 spiro atoms. The van der Waals surface area contributed by atoms with Gasteiger partial charge in [-0.15, -0.1) is 0 Å². The molecule has 1 aromatic heterocycles.